The standard InChI is InChI=1S/C20H20N2O4/c1-13-5-4-7-16(19(13)24)20(25)26-12-18(23)21-10-9-14-11-22-17-8-3-2-6-15(14)17/h2-8,11,22,24H,9-10,12H2,1H3,(H,21,23). The third kappa shape index (κ3) is 3.85. The predicted octanol–water partition coefficient (Wildman–Crippen LogP) is 2.70. The number of para-hydroxylation sites is 2. The number of phenolic OH excluding ortho intramolecular Hbond substituents is 1. The topological polar surface area (TPSA) is 91.4 Å². The molecule has 1 amide bonds. The van der Waals surface area contributed by atoms with Crippen LogP contribution >= 0.6 is 0 Å². The van der Waals surface area contributed by atoms with E-state index in [0.717, 1.165) is 16.5 Å². The lowest BCUT2D eigenvalue weighted by Crippen LogP contribution is -2.30. The van der Waals surface area contributed by atoms with Gasteiger partial charge in [-0.25, -0.2) is 4.79 Å². The maximum Gasteiger partial charge on any atom is 0.342 e. The average molecular weight is 352 g/mol. The lowest BCUT2D eigenvalue weighted by Gasteiger charge is -2.08. The van der Waals surface area contributed by atoms with Gasteiger partial charge in [0.15, 0.2) is 6.61 Å². The normalized spacial score (nSPS) is 10.7. The molecule has 6 nitrogen and oxygen atoms in total. The third-order valence-electron chi connectivity index (χ3n) is 4.18. The minimum absolute atomic E-state index is 0.0524. The van der Waals surface area contributed by atoms with Crippen LogP contribution in [0.2, 0.25) is 0 Å². The van der Waals surface area contributed by atoms with Gasteiger partial charge < -0.3 is 20.1 Å². The number of amides is 1. The third-order valence-corrected chi connectivity index (χ3v) is 4.18. The van der Waals surface area contributed by atoms with E-state index in [0.29, 0.717) is 18.5 Å². The highest BCUT2D eigenvalue weighted by Gasteiger charge is 2.15. The van der Waals surface area contributed by atoms with Crippen molar-refractivity contribution in [1.82, 2.24) is 10.3 Å². The van der Waals surface area contributed by atoms with Crippen LogP contribution in [-0.4, -0.2) is 35.1 Å². The summed E-state index contributed by atoms with van der Waals surface area (Å²) in [6.45, 7) is 1.73. The first-order valence-corrected chi connectivity index (χ1v) is 8.33. The summed E-state index contributed by atoms with van der Waals surface area (Å²) in [4.78, 5) is 27.0. The second kappa shape index (κ2) is 7.74. The number of esters is 1. The highest BCUT2D eigenvalue weighted by molar-refractivity contribution is 5.94. The highest BCUT2D eigenvalue weighted by Crippen LogP contribution is 2.22. The van der Waals surface area contributed by atoms with E-state index in [9.17, 15) is 14.7 Å². The second-order valence-electron chi connectivity index (χ2n) is 6.01. The molecule has 0 spiro atoms. The summed E-state index contributed by atoms with van der Waals surface area (Å²) in [5, 5.41) is 13.7. The number of hydrogen-bond donors (Lipinski definition) is 3. The Kier molecular flexibility index (Phi) is 5.22. The monoisotopic (exact) mass is 352 g/mol. The number of H-pyrrole nitrogens is 1. The molecule has 0 atom stereocenters. The molecule has 0 unspecified atom stereocenters. The number of fused-ring (bicyclic) bond motifs is 1. The SMILES string of the molecule is Cc1cccc(C(=O)OCC(=O)NCCc2c[nH]c3ccccc23)c1O. The van der Waals surface area contributed by atoms with Crippen LogP contribution in [0.1, 0.15) is 21.5 Å². The van der Waals surface area contributed by atoms with Crippen LogP contribution in [0.4, 0.5) is 0 Å². The molecule has 2 aromatic carbocycles. The van der Waals surface area contributed by atoms with Gasteiger partial charge >= 0.3 is 5.97 Å². The predicted molar refractivity (Wildman–Crippen MR) is 98.1 cm³/mol. The highest BCUT2D eigenvalue weighted by atomic mass is 16.5. The van der Waals surface area contributed by atoms with E-state index in [1.54, 1.807) is 19.1 Å². The summed E-state index contributed by atoms with van der Waals surface area (Å²) >= 11 is 0. The van der Waals surface area contributed by atoms with E-state index >= 15 is 0 Å². The largest absolute Gasteiger partial charge is 0.507 e. The van der Waals surface area contributed by atoms with Gasteiger partial charge in [-0.3, -0.25) is 4.79 Å². The Morgan fingerprint density at radius 2 is 1.96 bits per heavy atom. The molecule has 3 rings (SSSR count). The molecule has 6 heteroatoms. The van der Waals surface area contributed by atoms with Gasteiger partial charge in [0.25, 0.3) is 5.91 Å². The fourth-order valence-electron chi connectivity index (χ4n) is 2.76. The molecule has 0 aliphatic heterocycles. The first kappa shape index (κ1) is 17.5. The van der Waals surface area contributed by atoms with E-state index in [-0.39, 0.29) is 23.8 Å². The Hall–Kier alpha value is -3.28. The number of carbonyl (C=O) groups is 2. The number of rotatable bonds is 6. The molecular formula is C20H20N2O4. The van der Waals surface area contributed by atoms with Crippen LogP contribution in [0.25, 0.3) is 10.9 Å². The zero-order valence-corrected chi connectivity index (χ0v) is 14.4. The molecule has 0 saturated carbocycles. The van der Waals surface area contributed by atoms with Gasteiger partial charge in [-0.15, -0.1) is 0 Å². The Labute approximate surface area is 150 Å². The summed E-state index contributed by atoms with van der Waals surface area (Å²) in [5.74, 6) is -1.24. The Bertz CT molecular complexity index is 946. The molecule has 0 saturated heterocycles. The molecule has 0 fully saturated rings. The number of aryl methyl sites for hydroxylation is 1. The van der Waals surface area contributed by atoms with Crippen molar-refractivity contribution in [2.24, 2.45) is 0 Å². The second-order valence-corrected chi connectivity index (χ2v) is 6.01. The number of ether oxygens (including phenoxy) is 1. The minimum atomic E-state index is -0.724. The Balaban J connectivity index is 1.47. The number of aromatic amines is 1. The molecule has 26 heavy (non-hydrogen) atoms. The van der Waals surface area contributed by atoms with Crippen LogP contribution in [0.3, 0.4) is 0 Å². The van der Waals surface area contributed by atoms with Crippen LogP contribution in [-0.2, 0) is 16.0 Å². The number of carbonyl (C=O) groups excluding carboxylic acids is 2. The summed E-state index contributed by atoms with van der Waals surface area (Å²) in [5.41, 5.74) is 2.79. The van der Waals surface area contributed by atoms with Crippen molar-refractivity contribution in [2.75, 3.05) is 13.2 Å². The average Bonchev–Trinajstić information content (AvgIpc) is 3.05. The number of aromatic hydroxyl groups is 1. The summed E-state index contributed by atoms with van der Waals surface area (Å²) in [6, 6.07) is 12.7. The summed E-state index contributed by atoms with van der Waals surface area (Å²) < 4.78 is 4.97. The zero-order chi connectivity index (χ0) is 18.5. The fourth-order valence-corrected chi connectivity index (χ4v) is 2.76. The van der Waals surface area contributed by atoms with Gasteiger partial charge in [0, 0.05) is 23.6 Å². The van der Waals surface area contributed by atoms with Crippen LogP contribution in [0.15, 0.2) is 48.7 Å². The molecule has 1 heterocycles. The molecule has 0 aliphatic carbocycles. The summed E-state index contributed by atoms with van der Waals surface area (Å²) in [7, 11) is 0. The first-order valence-electron chi connectivity index (χ1n) is 8.33. The lowest BCUT2D eigenvalue weighted by atomic mass is 10.1. The van der Waals surface area contributed by atoms with Gasteiger partial charge in [-0.1, -0.05) is 30.3 Å². The van der Waals surface area contributed by atoms with Crippen molar-refractivity contribution >= 4 is 22.8 Å². The van der Waals surface area contributed by atoms with Crippen molar-refractivity contribution in [3.8, 4) is 5.75 Å². The van der Waals surface area contributed by atoms with Crippen molar-refractivity contribution in [1.29, 1.82) is 0 Å². The first-order chi connectivity index (χ1) is 12.6. The van der Waals surface area contributed by atoms with E-state index < -0.39 is 5.97 Å². The van der Waals surface area contributed by atoms with Gasteiger partial charge in [0.2, 0.25) is 0 Å². The molecule has 3 aromatic rings. The van der Waals surface area contributed by atoms with Crippen molar-refractivity contribution < 1.29 is 19.4 Å². The number of nitrogens with one attached hydrogen (secondary N) is 2. The molecule has 134 valence electrons. The Morgan fingerprint density at radius 1 is 1.15 bits per heavy atom. The zero-order valence-electron chi connectivity index (χ0n) is 14.4. The lowest BCUT2D eigenvalue weighted by molar-refractivity contribution is -0.124. The number of hydrogen-bond acceptors (Lipinski definition) is 4. The van der Waals surface area contributed by atoms with Crippen molar-refractivity contribution in [3.05, 3.63) is 65.4 Å². The Morgan fingerprint density at radius 3 is 2.81 bits per heavy atom. The van der Waals surface area contributed by atoms with Gasteiger partial charge in [0.1, 0.15) is 11.3 Å². The van der Waals surface area contributed by atoms with E-state index in [1.165, 1.54) is 6.07 Å². The van der Waals surface area contributed by atoms with Crippen molar-refractivity contribution in [2.45, 2.75) is 13.3 Å². The summed E-state index contributed by atoms with van der Waals surface area (Å²) in [6.07, 6.45) is 2.60. The molecule has 0 radical (unpaired) electrons. The minimum Gasteiger partial charge on any atom is -0.507 e. The maximum atomic E-state index is 12.0. The van der Waals surface area contributed by atoms with Gasteiger partial charge in [-0.05, 0) is 36.6 Å². The molecule has 0 aliphatic rings. The quantitative estimate of drug-likeness (QED) is 0.595. The van der Waals surface area contributed by atoms with E-state index in [2.05, 4.69) is 10.3 Å². The molecular weight excluding hydrogens is 332 g/mol. The smallest absolute Gasteiger partial charge is 0.342 e. The fraction of sp³-hybridized carbons (Fsp3) is 0.200. The van der Waals surface area contributed by atoms with E-state index in [4.69, 9.17) is 4.74 Å². The van der Waals surface area contributed by atoms with E-state index in [1.807, 2.05) is 30.5 Å². The van der Waals surface area contributed by atoms with Crippen LogP contribution < -0.4 is 5.32 Å². The van der Waals surface area contributed by atoms with Crippen LogP contribution in [0, 0.1) is 6.92 Å². The molecule has 0 bridgehead atoms. The number of aromatic nitrogens is 1. The molecule has 3 N–H and O–H groups in total. The van der Waals surface area contributed by atoms with Crippen LogP contribution in [0.5, 0.6) is 5.75 Å². The van der Waals surface area contributed by atoms with Crippen molar-refractivity contribution in [3.63, 3.8) is 0 Å². The molecule has 1 aromatic heterocycles. The van der Waals surface area contributed by atoms with Gasteiger partial charge in [0.05, 0.1) is 0 Å². The maximum absolute atomic E-state index is 12.0. The van der Waals surface area contributed by atoms with Gasteiger partial charge in [-0.2, -0.15) is 0 Å². The number of phenols is 1. The number of benzene rings is 2.